The lowest BCUT2D eigenvalue weighted by molar-refractivity contribution is 0.00694. The van der Waals surface area contributed by atoms with Gasteiger partial charge in [0.2, 0.25) is 10.0 Å². The van der Waals surface area contributed by atoms with Gasteiger partial charge in [0.1, 0.15) is 11.4 Å². The molecular formula is C35H47ClN2O6S. The van der Waals surface area contributed by atoms with Crippen LogP contribution in [0.1, 0.15) is 88.2 Å². The number of aliphatic hydroxyl groups is 1. The lowest BCUT2D eigenvalue weighted by Gasteiger charge is -2.45. The third-order valence-corrected chi connectivity index (χ3v) is 11.7. The zero-order chi connectivity index (χ0) is 32.8. The second kappa shape index (κ2) is 12.5. The Morgan fingerprint density at radius 3 is 2.62 bits per heavy atom. The highest BCUT2D eigenvalue weighted by molar-refractivity contribution is 7.90. The van der Waals surface area contributed by atoms with Crippen molar-refractivity contribution in [3.05, 3.63) is 70.3 Å². The first-order chi connectivity index (χ1) is 21.0. The molecule has 1 fully saturated rings. The molecule has 4 atom stereocenters. The Labute approximate surface area is 273 Å². The highest BCUT2D eigenvalue weighted by atomic mass is 35.5. The van der Waals surface area contributed by atoms with Crippen LogP contribution in [0.3, 0.4) is 0 Å². The molecule has 1 saturated carbocycles. The molecule has 5 rings (SSSR count). The van der Waals surface area contributed by atoms with Gasteiger partial charge in [-0.1, -0.05) is 29.8 Å². The number of hydrogen-bond donors (Lipinski definition) is 2. The van der Waals surface area contributed by atoms with Gasteiger partial charge >= 0.3 is 5.97 Å². The van der Waals surface area contributed by atoms with Crippen LogP contribution in [0.15, 0.2) is 48.6 Å². The van der Waals surface area contributed by atoms with Gasteiger partial charge in [-0.2, -0.15) is 0 Å². The highest BCUT2D eigenvalue weighted by Gasteiger charge is 2.44. The molecule has 0 amide bonds. The van der Waals surface area contributed by atoms with Crippen LogP contribution in [-0.2, 0) is 26.6 Å². The van der Waals surface area contributed by atoms with Gasteiger partial charge in [-0.15, -0.1) is 0 Å². The standard InChI is InChI=1S/C35H47ClN2O6S/c1-33(2,3)44-32(40)24-11-15-31-29(19-24)38(21-35(22-43-31)17-6-8-23-18-26(36)12-14-28(23)35)20-25-10-13-27(25)30(39)9-7-16-34(4,5)45(37,41)42/h7,9,11-12,14-15,18-19,25,27,30,39H,6,8,10,13,16-17,20-22H2,1-5H3,(H2,37,41,42)/b9-7+/t25-,27+,30?,35-/m0/s1. The molecule has 0 radical (unpaired) electrons. The summed E-state index contributed by atoms with van der Waals surface area (Å²) in [6.45, 7) is 10.6. The van der Waals surface area contributed by atoms with Gasteiger partial charge in [-0.05, 0) is 126 Å². The fourth-order valence-corrected chi connectivity index (χ4v) is 7.41. The van der Waals surface area contributed by atoms with E-state index in [1.165, 1.54) is 11.1 Å². The molecule has 0 bridgehead atoms. The number of nitrogens with two attached hydrogens (primary N) is 1. The Hall–Kier alpha value is -2.59. The topological polar surface area (TPSA) is 119 Å². The lowest BCUT2D eigenvalue weighted by Crippen LogP contribution is -2.49. The number of aliphatic hydroxyl groups excluding tert-OH is 1. The third-order valence-electron chi connectivity index (χ3n) is 9.75. The number of aryl methyl sites for hydroxylation is 1. The van der Waals surface area contributed by atoms with Crippen molar-refractivity contribution in [3.63, 3.8) is 0 Å². The van der Waals surface area contributed by atoms with E-state index in [9.17, 15) is 18.3 Å². The van der Waals surface area contributed by atoms with E-state index in [0.717, 1.165) is 48.6 Å². The molecule has 2 aliphatic carbocycles. The van der Waals surface area contributed by atoms with Gasteiger partial charge < -0.3 is 19.5 Å². The van der Waals surface area contributed by atoms with Crippen LogP contribution < -0.4 is 14.8 Å². The molecule has 1 spiro atoms. The molecule has 0 aromatic heterocycles. The second-order valence-corrected chi connectivity index (χ2v) is 17.3. The number of carbonyl (C=O) groups is 1. The monoisotopic (exact) mass is 658 g/mol. The van der Waals surface area contributed by atoms with Crippen molar-refractivity contribution in [3.8, 4) is 5.75 Å². The maximum atomic E-state index is 13.1. The molecule has 3 aliphatic rings. The van der Waals surface area contributed by atoms with Crippen LogP contribution in [0.2, 0.25) is 5.02 Å². The number of esters is 1. The van der Waals surface area contributed by atoms with E-state index in [1.54, 1.807) is 32.1 Å². The Balaban J connectivity index is 1.44. The minimum absolute atomic E-state index is 0.0221. The van der Waals surface area contributed by atoms with Gasteiger partial charge in [0.05, 0.1) is 28.7 Å². The quantitative estimate of drug-likeness (QED) is 0.257. The summed E-state index contributed by atoms with van der Waals surface area (Å²) in [5, 5.41) is 17.3. The van der Waals surface area contributed by atoms with Crippen LogP contribution in [0.4, 0.5) is 5.69 Å². The van der Waals surface area contributed by atoms with E-state index in [0.29, 0.717) is 25.3 Å². The predicted molar refractivity (Wildman–Crippen MR) is 179 cm³/mol. The van der Waals surface area contributed by atoms with Gasteiger partial charge in [0, 0.05) is 23.5 Å². The van der Waals surface area contributed by atoms with Crippen molar-refractivity contribution in [2.24, 2.45) is 17.0 Å². The van der Waals surface area contributed by atoms with E-state index in [-0.39, 0.29) is 29.6 Å². The predicted octanol–water partition coefficient (Wildman–Crippen LogP) is 6.17. The number of anilines is 1. The molecule has 246 valence electrons. The molecule has 1 unspecified atom stereocenters. The molecule has 10 heteroatoms. The number of nitrogens with zero attached hydrogens (tertiary/aromatic N) is 1. The summed E-state index contributed by atoms with van der Waals surface area (Å²) in [6, 6.07) is 11.7. The van der Waals surface area contributed by atoms with Crippen LogP contribution in [0.25, 0.3) is 0 Å². The summed E-state index contributed by atoms with van der Waals surface area (Å²) in [7, 11) is -3.72. The van der Waals surface area contributed by atoms with Crippen molar-refractivity contribution in [1.82, 2.24) is 0 Å². The molecule has 1 heterocycles. The highest BCUT2D eigenvalue weighted by Crippen LogP contribution is 2.46. The van der Waals surface area contributed by atoms with Crippen molar-refractivity contribution in [2.45, 2.75) is 95.0 Å². The number of primary sulfonamides is 1. The summed E-state index contributed by atoms with van der Waals surface area (Å²) < 4.78 is 35.0. The van der Waals surface area contributed by atoms with Gasteiger partial charge in [-0.25, -0.2) is 18.4 Å². The smallest absolute Gasteiger partial charge is 0.338 e. The molecule has 1 aliphatic heterocycles. The number of allylic oxidation sites excluding steroid dienone is 1. The Bertz CT molecular complexity index is 1570. The summed E-state index contributed by atoms with van der Waals surface area (Å²) in [4.78, 5) is 15.5. The minimum Gasteiger partial charge on any atom is -0.490 e. The number of rotatable bonds is 8. The van der Waals surface area contributed by atoms with Crippen LogP contribution in [0, 0.1) is 11.8 Å². The third kappa shape index (κ3) is 7.37. The maximum absolute atomic E-state index is 13.1. The normalized spacial score (nSPS) is 24.3. The van der Waals surface area contributed by atoms with E-state index >= 15 is 0 Å². The first-order valence-corrected chi connectivity index (χ1v) is 17.8. The number of carbonyl (C=O) groups excluding carboxylic acids is 1. The van der Waals surface area contributed by atoms with Crippen molar-refractivity contribution < 1.29 is 27.8 Å². The lowest BCUT2D eigenvalue weighted by atomic mass is 9.68. The zero-order valence-electron chi connectivity index (χ0n) is 27.0. The van der Waals surface area contributed by atoms with E-state index in [4.69, 9.17) is 26.2 Å². The zero-order valence-corrected chi connectivity index (χ0v) is 28.6. The first kappa shape index (κ1) is 33.8. The van der Waals surface area contributed by atoms with Crippen molar-refractivity contribution in [1.29, 1.82) is 0 Å². The number of hydrogen-bond acceptors (Lipinski definition) is 7. The number of ether oxygens (including phenoxy) is 2. The van der Waals surface area contributed by atoms with Crippen LogP contribution in [-0.4, -0.2) is 55.6 Å². The van der Waals surface area contributed by atoms with Crippen molar-refractivity contribution in [2.75, 3.05) is 24.6 Å². The van der Waals surface area contributed by atoms with E-state index in [2.05, 4.69) is 17.0 Å². The van der Waals surface area contributed by atoms with E-state index < -0.39 is 26.5 Å². The minimum atomic E-state index is -3.72. The Morgan fingerprint density at radius 1 is 1.20 bits per heavy atom. The van der Waals surface area contributed by atoms with Gasteiger partial charge in [0.15, 0.2) is 0 Å². The summed E-state index contributed by atoms with van der Waals surface area (Å²) in [5.41, 5.74) is 2.94. The molecular weight excluding hydrogens is 612 g/mol. The Kier molecular flexibility index (Phi) is 9.41. The van der Waals surface area contributed by atoms with E-state index in [1.807, 2.05) is 39.0 Å². The molecule has 8 nitrogen and oxygen atoms in total. The molecule has 3 N–H and O–H groups in total. The fraction of sp³-hybridized carbons (Fsp3) is 0.571. The molecule has 45 heavy (non-hydrogen) atoms. The summed E-state index contributed by atoms with van der Waals surface area (Å²) in [5.74, 6) is 0.555. The average Bonchev–Trinajstić information content (AvgIpc) is 3.06. The first-order valence-electron chi connectivity index (χ1n) is 15.9. The molecule has 0 saturated heterocycles. The fourth-order valence-electron chi connectivity index (χ4n) is 6.88. The largest absolute Gasteiger partial charge is 0.490 e. The number of fused-ring (bicyclic) bond motifs is 3. The number of benzene rings is 2. The van der Waals surface area contributed by atoms with Crippen LogP contribution >= 0.6 is 11.6 Å². The average molecular weight is 659 g/mol. The maximum Gasteiger partial charge on any atom is 0.338 e. The van der Waals surface area contributed by atoms with Gasteiger partial charge in [0.25, 0.3) is 0 Å². The van der Waals surface area contributed by atoms with Crippen molar-refractivity contribution >= 4 is 33.3 Å². The van der Waals surface area contributed by atoms with Crippen LogP contribution in [0.5, 0.6) is 5.75 Å². The molecule has 2 aromatic carbocycles. The Morgan fingerprint density at radius 2 is 1.96 bits per heavy atom. The SMILES string of the molecule is CC(C)(C)OC(=O)c1ccc2c(c1)N(C[C@@H]1CC[C@H]1C(O)/C=C/CC(C)(C)S(N)(=O)=O)C[C@@]1(CCCc3cc(Cl)ccc31)CO2. The molecule has 2 aromatic rings. The van der Waals surface area contributed by atoms with Gasteiger partial charge in [-0.3, -0.25) is 0 Å². The summed E-state index contributed by atoms with van der Waals surface area (Å²) >= 11 is 6.40. The number of sulfonamides is 1. The second-order valence-electron chi connectivity index (χ2n) is 14.7. The summed E-state index contributed by atoms with van der Waals surface area (Å²) in [6.07, 6.45) is 7.74. The number of halogens is 1.